The summed E-state index contributed by atoms with van der Waals surface area (Å²) in [6, 6.07) is 5.90. The molecule has 0 radical (unpaired) electrons. The first-order chi connectivity index (χ1) is 12.1. The summed E-state index contributed by atoms with van der Waals surface area (Å²) in [6.45, 7) is 9.35. The Labute approximate surface area is 148 Å². The number of morpholine rings is 1. The van der Waals surface area contributed by atoms with Gasteiger partial charge >= 0.3 is 0 Å². The van der Waals surface area contributed by atoms with Crippen LogP contribution in [-0.2, 0) is 4.74 Å². The summed E-state index contributed by atoms with van der Waals surface area (Å²) < 4.78 is 7.24. The number of aromatic nitrogens is 2. The fourth-order valence-corrected chi connectivity index (χ4v) is 3.11. The van der Waals surface area contributed by atoms with Crippen LogP contribution in [0.3, 0.4) is 0 Å². The van der Waals surface area contributed by atoms with Crippen LogP contribution in [0, 0.1) is 12.8 Å². The van der Waals surface area contributed by atoms with Gasteiger partial charge in [0, 0.05) is 38.6 Å². The minimum Gasteiger partial charge on any atom is -0.379 e. The van der Waals surface area contributed by atoms with Gasteiger partial charge < -0.3 is 14.6 Å². The van der Waals surface area contributed by atoms with Crippen molar-refractivity contribution in [2.75, 3.05) is 39.4 Å². The van der Waals surface area contributed by atoms with E-state index >= 15 is 0 Å². The number of rotatable bonds is 6. The molecular weight excluding hydrogens is 316 g/mol. The standard InChI is InChI=1S/C19H26N4O2/c1-15-3-4-18(23-6-5-20-14-23)17(11-15)19(24)21-12-16(2)13-22-7-9-25-10-8-22/h3-6,11,14,16H,7-10,12-13H2,1-2H3,(H,21,24)/t16-/m1/s1. The van der Waals surface area contributed by atoms with Crippen molar-refractivity contribution in [2.24, 2.45) is 5.92 Å². The molecule has 134 valence electrons. The number of nitrogens with one attached hydrogen (secondary N) is 1. The Morgan fingerprint density at radius 3 is 2.88 bits per heavy atom. The van der Waals surface area contributed by atoms with Gasteiger partial charge in [0.05, 0.1) is 30.8 Å². The molecule has 0 saturated carbocycles. The Bertz CT molecular complexity index is 693. The number of hydrogen-bond donors (Lipinski definition) is 1. The van der Waals surface area contributed by atoms with Crippen molar-refractivity contribution in [3.63, 3.8) is 0 Å². The molecule has 6 heteroatoms. The number of imidazole rings is 1. The number of carbonyl (C=O) groups excluding carboxylic acids is 1. The van der Waals surface area contributed by atoms with Crippen LogP contribution >= 0.6 is 0 Å². The molecule has 1 aliphatic rings. The van der Waals surface area contributed by atoms with Crippen molar-refractivity contribution in [1.29, 1.82) is 0 Å². The average molecular weight is 342 g/mol. The summed E-state index contributed by atoms with van der Waals surface area (Å²) >= 11 is 0. The molecule has 2 aromatic rings. The Morgan fingerprint density at radius 1 is 1.36 bits per heavy atom. The van der Waals surface area contributed by atoms with Gasteiger partial charge in [0.25, 0.3) is 5.91 Å². The maximum atomic E-state index is 12.7. The summed E-state index contributed by atoms with van der Waals surface area (Å²) in [5.41, 5.74) is 2.59. The van der Waals surface area contributed by atoms with Crippen molar-refractivity contribution >= 4 is 5.91 Å². The summed E-state index contributed by atoms with van der Waals surface area (Å²) in [7, 11) is 0. The van der Waals surface area contributed by atoms with Crippen molar-refractivity contribution in [1.82, 2.24) is 19.8 Å². The number of ether oxygens (including phenoxy) is 1. The third kappa shape index (κ3) is 4.67. The first kappa shape index (κ1) is 17.6. The van der Waals surface area contributed by atoms with Gasteiger partial charge in [-0.25, -0.2) is 4.98 Å². The summed E-state index contributed by atoms with van der Waals surface area (Å²) in [4.78, 5) is 19.2. The van der Waals surface area contributed by atoms with E-state index in [2.05, 4.69) is 22.1 Å². The first-order valence-corrected chi connectivity index (χ1v) is 8.81. The predicted molar refractivity (Wildman–Crippen MR) is 97.1 cm³/mol. The number of carbonyl (C=O) groups is 1. The minimum atomic E-state index is -0.0405. The summed E-state index contributed by atoms with van der Waals surface area (Å²) in [5, 5.41) is 3.09. The van der Waals surface area contributed by atoms with Crippen molar-refractivity contribution in [2.45, 2.75) is 13.8 Å². The van der Waals surface area contributed by atoms with Gasteiger partial charge in [0.1, 0.15) is 0 Å². The molecule has 3 rings (SSSR count). The lowest BCUT2D eigenvalue weighted by Crippen LogP contribution is -2.41. The smallest absolute Gasteiger partial charge is 0.253 e. The number of aryl methyl sites for hydroxylation is 1. The lowest BCUT2D eigenvalue weighted by molar-refractivity contribution is 0.0317. The van der Waals surface area contributed by atoms with E-state index < -0.39 is 0 Å². The van der Waals surface area contributed by atoms with Crippen LogP contribution in [0.4, 0.5) is 0 Å². The van der Waals surface area contributed by atoms with Crippen LogP contribution in [0.25, 0.3) is 5.69 Å². The van der Waals surface area contributed by atoms with Crippen LogP contribution in [0.1, 0.15) is 22.8 Å². The SMILES string of the molecule is Cc1ccc(-n2ccnc2)c(C(=O)NC[C@@H](C)CN2CCOCC2)c1. The zero-order valence-corrected chi connectivity index (χ0v) is 14.9. The average Bonchev–Trinajstić information content (AvgIpc) is 3.15. The molecule has 1 fully saturated rings. The lowest BCUT2D eigenvalue weighted by atomic mass is 10.1. The quantitative estimate of drug-likeness (QED) is 0.871. The Hall–Kier alpha value is -2.18. The molecule has 1 aliphatic heterocycles. The van der Waals surface area contributed by atoms with Crippen LogP contribution in [0.15, 0.2) is 36.9 Å². The zero-order valence-electron chi connectivity index (χ0n) is 14.9. The van der Waals surface area contributed by atoms with E-state index in [0.29, 0.717) is 18.0 Å². The van der Waals surface area contributed by atoms with Gasteiger partial charge in [-0.2, -0.15) is 0 Å². The fourth-order valence-electron chi connectivity index (χ4n) is 3.11. The molecule has 1 N–H and O–H groups in total. The van der Waals surface area contributed by atoms with Crippen molar-refractivity contribution in [3.8, 4) is 5.69 Å². The summed E-state index contributed by atoms with van der Waals surface area (Å²) in [6.07, 6.45) is 5.27. The topological polar surface area (TPSA) is 59.4 Å². The largest absolute Gasteiger partial charge is 0.379 e. The molecule has 1 aromatic carbocycles. The molecular formula is C19H26N4O2. The second-order valence-electron chi connectivity index (χ2n) is 6.72. The van der Waals surface area contributed by atoms with Gasteiger partial charge in [-0.1, -0.05) is 18.6 Å². The fraction of sp³-hybridized carbons (Fsp3) is 0.474. The van der Waals surface area contributed by atoms with Gasteiger partial charge in [0.15, 0.2) is 0 Å². The van der Waals surface area contributed by atoms with Crippen LogP contribution < -0.4 is 5.32 Å². The Morgan fingerprint density at radius 2 is 2.16 bits per heavy atom. The monoisotopic (exact) mass is 342 g/mol. The number of benzene rings is 1. The second-order valence-corrected chi connectivity index (χ2v) is 6.72. The zero-order chi connectivity index (χ0) is 17.6. The molecule has 0 unspecified atom stereocenters. The molecule has 6 nitrogen and oxygen atoms in total. The third-order valence-corrected chi connectivity index (χ3v) is 4.46. The lowest BCUT2D eigenvalue weighted by Gasteiger charge is -2.29. The van der Waals surface area contributed by atoms with Gasteiger partial charge in [-0.3, -0.25) is 9.69 Å². The van der Waals surface area contributed by atoms with E-state index in [9.17, 15) is 4.79 Å². The van der Waals surface area contributed by atoms with Crippen LogP contribution in [-0.4, -0.2) is 59.8 Å². The highest BCUT2D eigenvalue weighted by molar-refractivity contribution is 5.98. The van der Waals surface area contributed by atoms with E-state index in [4.69, 9.17) is 4.74 Å². The van der Waals surface area contributed by atoms with Gasteiger partial charge in [-0.05, 0) is 25.0 Å². The Kier molecular flexibility index (Phi) is 5.83. The van der Waals surface area contributed by atoms with Crippen molar-refractivity contribution in [3.05, 3.63) is 48.0 Å². The predicted octanol–water partition coefficient (Wildman–Crippen LogP) is 1.88. The molecule has 0 aliphatic carbocycles. The van der Waals surface area contributed by atoms with E-state index in [1.165, 1.54) is 0 Å². The number of amides is 1. The highest BCUT2D eigenvalue weighted by Crippen LogP contribution is 2.16. The van der Waals surface area contributed by atoms with Crippen LogP contribution in [0.2, 0.25) is 0 Å². The molecule has 1 amide bonds. The highest BCUT2D eigenvalue weighted by Gasteiger charge is 2.16. The van der Waals surface area contributed by atoms with E-state index in [-0.39, 0.29) is 5.91 Å². The highest BCUT2D eigenvalue weighted by atomic mass is 16.5. The number of hydrogen-bond acceptors (Lipinski definition) is 4. The van der Waals surface area contributed by atoms with Gasteiger partial charge in [0.2, 0.25) is 0 Å². The molecule has 0 bridgehead atoms. The van der Waals surface area contributed by atoms with Crippen LogP contribution in [0.5, 0.6) is 0 Å². The summed E-state index contributed by atoms with van der Waals surface area (Å²) in [5.74, 6) is 0.352. The van der Waals surface area contributed by atoms with E-state index in [0.717, 1.165) is 44.1 Å². The second kappa shape index (κ2) is 8.27. The molecule has 25 heavy (non-hydrogen) atoms. The molecule has 1 saturated heterocycles. The molecule has 0 spiro atoms. The molecule has 1 aromatic heterocycles. The normalized spacial score (nSPS) is 16.6. The molecule has 1 atom stereocenters. The van der Waals surface area contributed by atoms with Crippen molar-refractivity contribution < 1.29 is 9.53 Å². The Balaban J connectivity index is 1.62. The third-order valence-electron chi connectivity index (χ3n) is 4.46. The maximum Gasteiger partial charge on any atom is 0.253 e. The molecule has 2 heterocycles. The van der Waals surface area contributed by atoms with E-state index in [1.54, 1.807) is 12.5 Å². The van der Waals surface area contributed by atoms with E-state index in [1.807, 2.05) is 35.9 Å². The first-order valence-electron chi connectivity index (χ1n) is 8.81. The minimum absolute atomic E-state index is 0.0405. The number of nitrogens with zero attached hydrogens (tertiary/aromatic N) is 3. The van der Waals surface area contributed by atoms with Gasteiger partial charge in [-0.15, -0.1) is 0 Å². The maximum absolute atomic E-state index is 12.7.